The average molecular weight is 415 g/mol. The Morgan fingerprint density at radius 2 is 1.83 bits per heavy atom. The lowest BCUT2D eigenvalue weighted by Gasteiger charge is -2.31. The molecule has 0 spiro atoms. The molecule has 1 aromatic carbocycles. The molecule has 9 nitrogen and oxygen atoms in total. The van der Waals surface area contributed by atoms with Crippen molar-refractivity contribution in [3.63, 3.8) is 0 Å². The molecule has 1 aliphatic rings. The summed E-state index contributed by atoms with van der Waals surface area (Å²) in [5, 5.41) is 8.54. The van der Waals surface area contributed by atoms with E-state index in [0.29, 0.717) is 18.7 Å². The van der Waals surface area contributed by atoms with Gasteiger partial charge < -0.3 is 4.90 Å². The molecule has 0 bridgehead atoms. The lowest BCUT2D eigenvalue weighted by atomic mass is 9.95. The highest BCUT2D eigenvalue weighted by Crippen LogP contribution is 2.28. The van der Waals surface area contributed by atoms with Gasteiger partial charge in [-0.05, 0) is 49.2 Å². The molecule has 152 valence electrons. The highest BCUT2D eigenvalue weighted by molar-refractivity contribution is 7.89. The zero-order valence-corrected chi connectivity index (χ0v) is 16.7. The van der Waals surface area contributed by atoms with Crippen molar-refractivity contribution >= 4 is 21.6 Å². The summed E-state index contributed by atoms with van der Waals surface area (Å²) in [6.45, 7) is 1.22. The first-order valence-electron chi connectivity index (χ1n) is 9.23. The number of carbonyl (C=O) groups excluding carboxylic acids is 1. The van der Waals surface area contributed by atoms with Crippen LogP contribution in [0.25, 0.3) is 5.65 Å². The molecular formula is C19H21N5O4S. The van der Waals surface area contributed by atoms with Crippen molar-refractivity contribution in [1.29, 1.82) is 0 Å². The van der Waals surface area contributed by atoms with Crippen LogP contribution in [0.5, 0.6) is 0 Å². The van der Waals surface area contributed by atoms with E-state index in [1.165, 1.54) is 31.4 Å². The first-order valence-corrected chi connectivity index (χ1v) is 10.7. The smallest absolute Gasteiger partial charge is 0.262 e. The lowest BCUT2D eigenvalue weighted by molar-refractivity contribution is 0.0710. The van der Waals surface area contributed by atoms with Gasteiger partial charge in [-0.2, -0.15) is 0 Å². The van der Waals surface area contributed by atoms with Crippen molar-refractivity contribution < 1.29 is 18.0 Å². The maximum absolute atomic E-state index is 12.8. The Labute approximate surface area is 168 Å². The van der Waals surface area contributed by atoms with Crippen molar-refractivity contribution in [1.82, 2.24) is 24.4 Å². The Bertz CT molecular complexity index is 1120. The Hall–Kier alpha value is -2.82. The van der Waals surface area contributed by atoms with Gasteiger partial charge >= 0.3 is 0 Å². The van der Waals surface area contributed by atoms with Crippen molar-refractivity contribution in [2.75, 3.05) is 20.2 Å². The third-order valence-electron chi connectivity index (χ3n) is 5.09. The maximum atomic E-state index is 12.8. The van der Waals surface area contributed by atoms with Crippen LogP contribution in [0.2, 0.25) is 0 Å². The Morgan fingerprint density at radius 3 is 2.52 bits per heavy atom. The highest BCUT2D eigenvalue weighted by atomic mass is 32.2. The van der Waals surface area contributed by atoms with Gasteiger partial charge in [-0.25, -0.2) is 8.42 Å². The van der Waals surface area contributed by atoms with E-state index in [1.807, 2.05) is 33.7 Å². The first kappa shape index (κ1) is 19.5. The predicted octanol–water partition coefficient (Wildman–Crippen LogP) is 1.59. The molecule has 1 saturated heterocycles. The Morgan fingerprint density at radius 1 is 1.10 bits per heavy atom. The van der Waals surface area contributed by atoms with Crippen LogP contribution < -0.4 is 4.89 Å². The van der Waals surface area contributed by atoms with Gasteiger partial charge in [-0.15, -0.1) is 10.2 Å². The van der Waals surface area contributed by atoms with E-state index in [2.05, 4.69) is 15.0 Å². The van der Waals surface area contributed by atoms with E-state index in [9.17, 15) is 13.2 Å². The van der Waals surface area contributed by atoms with Gasteiger partial charge in [-0.3, -0.25) is 14.0 Å². The quantitative estimate of drug-likeness (QED) is 0.635. The van der Waals surface area contributed by atoms with Crippen molar-refractivity contribution in [2.24, 2.45) is 0 Å². The number of carbonyl (C=O) groups is 1. The number of fused-ring (bicyclic) bond motifs is 1. The number of aromatic nitrogens is 3. The molecule has 0 aliphatic carbocycles. The van der Waals surface area contributed by atoms with E-state index in [0.717, 1.165) is 24.3 Å². The minimum atomic E-state index is -3.74. The molecule has 1 N–H and O–H groups in total. The number of likely N-dealkylation sites (tertiary alicyclic amines) is 1. The summed E-state index contributed by atoms with van der Waals surface area (Å²) in [5.74, 6) is 1.05. The predicted molar refractivity (Wildman–Crippen MR) is 105 cm³/mol. The van der Waals surface area contributed by atoms with Crippen LogP contribution >= 0.6 is 0 Å². The van der Waals surface area contributed by atoms with E-state index in [4.69, 9.17) is 0 Å². The van der Waals surface area contributed by atoms with Crippen LogP contribution in [0.15, 0.2) is 53.6 Å². The fraction of sp³-hybridized carbons (Fsp3) is 0.316. The third kappa shape index (κ3) is 3.86. The Balaban J connectivity index is 1.43. The normalized spacial score (nSPS) is 15.7. The molecule has 0 unspecified atom stereocenters. The number of piperidine rings is 1. The molecule has 1 amide bonds. The fourth-order valence-corrected chi connectivity index (χ4v) is 4.41. The van der Waals surface area contributed by atoms with Gasteiger partial charge in [0, 0.05) is 30.8 Å². The Kier molecular flexibility index (Phi) is 5.31. The second-order valence-corrected chi connectivity index (χ2v) is 8.51. The molecular weight excluding hydrogens is 394 g/mol. The molecule has 10 heteroatoms. The van der Waals surface area contributed by atoms with Crippen LogP contribution in [-0.2, 0) is 14.9 Å². The van der Waals surface area contributed by atoms with Crippen molar-refractivity contribution in [2.45, 2.75) is 23.7 Å². The van der Waals surface area contributed by atoms with E-state index < -0.39 is 10.0 Å². The molecule has 4 rings (SSSR count). The van der Waals surface area contributed by atoms with Crippen LogP contribution in [0.3, 0.4) is 0 Å². The highest BCUT2D eigenvalue weighted by Gasteiger charge is 2.27. The van der Waals surface area contributed by atoms with Gasteiger partial charge in [0.05, 0.1) is 12.0 Å². The molecule has 0 saturated carbocycles. The van der Waals surface area contributed by atoms with Crippen molar-refractivity contribution in [3.8, 4) is 0 Å². The van der Waals surface area contributed by atoms with Gasteiger partial charge in [0.1, 0.15) is 5.82 Å². The molecule has 1 fully saturated rings. The zero-order chi connectivity index (χ0) is 20.4. The molecule has 0 atom stereocenters. The number of amides is 1. The number of pyridine rings is 1. The first-order chi connectivity index (χ1) is 14.0. The SMILES string of the molecule is CONS(=O)(=O)c1ccc(C(=O)N2CCC(c3nnc4ccccn34)CC2)cc1. The molecule has 3 aromatic rings. The van der Waals surface area contributed by atoms with Crippen LogP contribution in [-0.4, -0.2) is 54.0 Å². The monoisotopic (exact) mass is 415 g/mol. The van der Waals surface area contributed by atoms with Crippen LogP contribution in [0, 0.1) is 0 Å². The van der Waals surface area contributed by atoms with E-state index in [1.54, 1.807) is 4.90 Å². The van der Waals surface area contributed by atoms with E-state index in [-0.39, 0.29) is 16.7 Å². The number of sulfonamides is 1. The number of benzene rings is 1. The maximum Gasteiger partial charge on any atom is 0.262 e. The number of hydrogen-bond donors (Lipinski definition) is 1. The molecule has 0 radical (unpaired) electrons. The largest absolute Gasteiger partial charge is 0.339 e. The minimum absolute atomic E-state index is 0.0355. The topological polar surface area (TPSA) is 106 Å². The van der Waals surface area contributed by atoms with Gasteiger partial charge in [0.2, 0.25) is 0 Å². The number of nitrogens with zero attached hydrogens (tertiary/aromatic N) is 4. The average Bonchev–Trinajstić information content (AvgIpc) is 3.18. The van der Waals surface area contributed by atoms with Gasteiger partial charge in [0.25, 0.3) is 15.9 Å². The molecule has 2 aromatic heterocycles. The standard InChI is InChI=1S/C19H21N5O4S/c1-28-22-29(26,27)16-7-5-15(6-8-16)19(25)23-12-9-14(10-13-23)18-21-20-17-4-2-3-11-24(17)18/h2-8,11,14,22H,9-10,12-13H2,1H3. The summed E-state index contributed by atoms with van der Waals surface area (Å²) in [5.41, 5.74) is 1.27. The fourth-order valence-electron chi connectivity index (χ4n) is 3.60. The number of rotatable bonds is 5. The molecule has 1 aliphatic heterocycles. The molecule has 3 heterocycles. The second-order valence-electron chi connectivity index (χ2n) is 6.87. The summed E-state index contributed by atoms with van der Waals surface area (Å²) in [4.78, 5) is 21.0. The van der Waals surface area contributed by atoms with Crippen molar-refractivity contribution in [3.05, 3.63) is 60.0 Å². The van der Waals surface area contributed by atoms with Crippen LogP contribution in [0.4, 0.5) is 0 Å². The third-order valence-corrected chi connectivity index (χ3v) is 6.37. The summed E-state index contributed by atoms with van der Waals surface area (Å²) in [6.07, 6.45) is 3.55. The summed E-state index contributed by atoms with van der Waals surface area (Å²) in [7, 11) is -2.52. The van der Waals surface area contributed by atoms with Gasteiger partial charge in [0.15, 0.2) is 5.65 Å². The van der Waals surface area contributed by atoms with Gasteiger partial charge in [-0.1, -0.05) is 11.0 Å². The number of nitrogens with one attached hydrogen (secondary N) is 1. The summed E-state index contributed by atoms with van der Waals surface area (Å²) >= 11 is 0. The summed E-state index contributed by atoms with van der Waals surface area (Å²) < 4.78 is 25.8. The molecule has 29 heavy (non-hydrogen) atoms. The second kappa shape index (κ2) is 7.90. The lowest BCUT2D eigenvalue weighted by Crippen LogP contribution is -2.38. The number of hydrogen-bond acceptors (Lipinski definition) is 6. The van der Waals surface area contributed by atoms with Crippen LogP contribution in [0.1, 0.15) is 34.9 Å². The minimum Gasteiger partial charge on any atom is -0.339 e. The van der Waals surface area contributed by atoms with E-state index >= 15 is 0 Å². The summed E-state index contributed by atoms with van der Waals surface area (Å²) in [6, 6.07) is 11.6. The zero-order valence-electron chi connectivity index (χ0n) is 15.9.